The number of aromatic nitrogens is 3. The van der Waals surface area contributed by atoms with Crippen LogP contribution in [0.4, 0.5) is 0 Å². The first-order valence-corrected chi connectivity index (χ1v) is 8.15. The number of hydrogen-bond donors (Lipinski definition) is 0. The van der Waals surface area contributed by atoms with Gasteiger partial charge >= 0.3 is 0 Å². The first kappa shape index (κ1) is 14.5. The van der Waals surface area contributed by atoms with Crippen molar-refractivity contribution in [2.75, 3.05) is 0 Å². The lowest BCUT2D eigenvalue weighted by molar-refractivity contribution is 0.943. The highest BCUT2D eigenvalue weighted by Crippen LogP contribution is 2.26. The second kappa shape index (κ2) is 5.78. The standard InChI is InChI=1S/C16H15BrClN3/c1-3-11-7-12(17)4-5-14(11)21-15(8-18)20-13-6-10(2)9-19-16(13)21/h4-7,9H,3,8H2,1-2H3. The van der Waals surface area contributed by atoms with E-state index in [4.69, 9.17) is 11.6 Å². The van der Waals surface area contributed by atoms with Crippen LogP contribution < -0.4 is 0 Å². The lowest BCUT2D eigenvalue weighted by Gasteiger charge is -2.12. The Morgan fingerprint density at radius 1 is 1.29 bits per heavy atom. The van der Waals surface area contributed by atoms with Crippen molar-refractivity contribution in [2.24, 2.45) is 0 Å². The van der Waals surface area contributed by atoms with Crippen molar-refractivity contribution in [1.82, 2.24) is 14.5 Å². The average molecular weight is 365 g/mol. The van der Waals surface area contributed by atoms with Crippen molar-refractivity contribution in [3.63, 3.8) is 0 Å². The zero-order valence-corrected chi connectivity index (χ0v) is 14.2. The minimum absolute atomic E-state index is 0.356. The van der Waals surface area contributed by atoms with E-state index in [1.54, 1.807) is 0 Å². The lowest BCUT2D eigenvalue weighted by atomic mass is 10.1. The van der Waals surface area contributed by atoms with Crippen molar-refractivity contribution in [3.8, 4) is 5.69 Å². The van der Waals surface area contributed by atoms with Crippen LogP contribution in [0.5, 0.6) is 0 Å². The van der Waals surface area contributed by atoms with Gasteiger partial charge in [-0.25, -0.2) is 9.97 Å². The molecule has 21 heavy (non-hydrogen) atoms. The first-order valence-electron chi connectivity index (χ1n) is 6.82. The van der Waals surface area contributed by atoms with Crippen LogP contribution in [0.3, 0.4) is 0 Å². The van der Waals surface area contributed by atoms with Gasteiger partial charge in [0.15, 0.2) is 5.65 Å². The summed E-state index contributed by atoms with van der Waals surface area (Å²) in [6.07, 6.45) is 2.80. The molecule has 0 aliphatic rings. The third-order valence-electron chi connectivity index (χ3n) is 3.49. The van der Waals surface area contributed by atoms with Gasteiger partial charge in [-0.15, -0.1) is 11.6 Å². The second-order valence-corrected chi connectivity index (χ2v) is 6.16. The molecule has 1 aromatic carbocycles. The van der Waals surface area contributed by atoms with Crippen LogP contribution in [0, 0.1) is 6.92 Å². The number of fused-ring (bicyclic) bond motifs is 1. The zero-order chi connectivity index (χ0) is 15.0. The summed E-state index contributed by atoms with van der Waals surface area (Å²) in [4.78, 5) is 9.18. The number of nitrogens with zero attached hydrogens (tertiary/aromatic N) is 3. The Hall–Kier alpha value is -1.39. The highest BCUT2D eigenvalue weighted by molar-refractivity contribution is 9.10. The number of hydrogen-bond acceptors (Lipinski definition) is 2. The molecule has 0 atom stereocenters. The van der Waals surface area contributed by atoms with Crippen LogP contribution in [0.1, 0.15) is 23.9 Å². The summed E-state index contributed by atoms with van der Waals surface area (Å²) in [5.41, 5.74) is 5.16. The number of alkyl halides is 1. The van der Waals surface area contributed by atoms with E-state index in [1.165, 1.54) is 5.56 Å². The second-order valence-electron chi connectivity index (χ2n) is 4.98. The van der Waals surface area contributed by atoms with Crippen LogP contribution in [0.25, 0.3) is 16.9 Å². The van der Waals surface area contributed by atoms with Gasteiger partial charge < -0.3 is 0 Å². The fourth-order valence-electron chi connectivity index (χ4n) is 2.51. The quantitative estimate of drug-likeness (QED) is 0.625. The van der Waals surface area contributed by atoms with Gasteiger partial charge in [-0.05, 0) is 48.7 Å². The summed E-state index contributed by atoms with van der Waals surface area (Å²) in [6, 6.07) is 8.29. The monoisotopic (exact) mass is 363 g/mol. The smallest absolute Gasteiger partial charge is 0.164 e. The molecule has 0 fully saturated rings. The summed E-state index contributed by atoms with van der Waals surface area (Å²) >= 11 is 9.63. The van der Waals surface area contributed by atoms with Crippen molar-refractivity contribution in [1.29, 1.82) is 0 Å². The molecule has 0 bridgehead atoms. The van der Waals surface area contributed by atoms with Gasteiger partial charge in [0.2, 0.25) is 0 Å². The zero-order valence-electron chi connectivity index (χ0n) is 11.9. The molecule has 5 heteroatoms. The predicted molar refractivity (Wildman–Crippen MR) is 90.2 cm³/mol. The molecule has 0 spiro atoms. The van der Waals surface area contributed by atoms with E-state index in [2.05, 4.69) is 49.5 Å². The van der Waals surface area contributed by atoms with Crippen LogP contribution in [0.2, 0.25) is 0 Å². The van der Waals surface area contributed by atoms with Crippen LogP contribution in [-0.4, -0.2) is 14.5 Å². The van der Waals surface area contributed by atoms with Crippen molar-refractivity contribution >= 4 is 38.7 Å². The summed E-state index contributed by atoms with van der Waals surface area (Å²) in [6.45, 7) is 4.16. The van der Waals surface area contributed by atoms with E-state index >= 15 is 0 Å². The fraction of sp³-hybridized carbons (Fsp3) is 0.250. The molecular weight excluding hydrogens is 350 g/mol. The molecule has 2 aromatic heterocycles. The minimum atomic E-state index is 0.356. The van der Waals surface area contributed by atoms with Crippen LogP contribution in [-0.2, 0) is 12.3 Å². The van der Waals surface area contributed by atoms with Crippen molar-refractivity contribution in [3.05, 3.63) is 51.9 Å². The number of pyridine rings is 1. The maximum atomic E-state index is 6.10. The lowest BCUT2D eigenvalue weighted by Crippen LogP contribution is -2.04. The Labute approximate surface area is 137 Å². The topological polar surface area (TPSA) is 30.7 Å². The summed E-state index contributed by atoms with van der Waals surface area (Å²) in [5, 5.41) is 0. The van der Waals surface area contributed by atoms with Crippen molar-refractivity contribution < 1.29 is 0 Å². The van der Waals surface area contributed by atoms with Gasteiger partial charge in [0.05, 0.1) is 11.6 Å². The largest absolute Gasteiger partial charge is 0.279 e. The normalized spacial score (nSPS) is 11.2. The van der Waals surface area contributed by atoms with E-state index in [9.17, 15) is 0 Å². The predicted octanol–water partition coefficient (Wildman–Crippen LogP) is 4.79. The Balaban J connectivity index is 2.33. The molecule has 0 aliphatic heterocycles. The summed E-state index contributed by atoms with van der Waals surface area (Å²) in [5.74, 6) is 1.18. The number of halogens is 2. The molecule has 0 saturated heterocycles. The molecule has 0 radical (unpaired) electrons. The third kappa shape index (κ3) is 2.58. The van der Waals surface area contributed by atoms with Crippen LogP contribution in [0.15, 0.2) is 34.9 Å². The maximum Gasteiger partial charge on any atom is 0.164 e. The van der Waals surface area contributed by atoms with E-state index in [1.807, 2.05) is 25.3 Å². The van der Waals surface area contributed by atoms with Gasteiger partial charge in [-0.3, -0.25) is 4.57 Å². The highest BCUT2D eigenvalue weighted by atomic mass is 79.9. The van der Waals surface area contributed by atoms with Gasteiger partial charge in [0.25, 0.3) is 0 Å². The van der Waals surface area contributed by atoms with Gasteiger partial charge in [0, 0.05) is 10.7 Å². The molecule has 0 saturated carbocycles. The number of benzene rings is 1. The van der Waals surface area contributed by atoms with Crippen molar-refractivity contribution in [2.45, 2.75) is 26.1 Å². The molecule has 0 N–H and O–H groups in total. The molecule has 0 unspecified atom stereocenters. The fourth-order valence-corrected chi connectivity index (χ4v) is 3.10. The Morgan fingerprint density at radius 3 is 2.81 bits per heavy atom. The SMILES string of the molecule is CCc1cc(Br)ccc1-n1c(CCl)nc2cc(C)cnc21. The molecule has 0 aliphatic carbocycles. The Bertz CT molecular complexity index is 811. The molecule has 0 amide bonds. The van der Waals surface area contributed by atoms with Gasteiger partial charge in [-0.2, -0.15) is 0 Å². The molecule has 108 valence electrons. The third-order valence-corrected chi connectivity index (χ3v) is 4.22. The van der Waals surface area contributed by atoms with E-state index in [-0.39, 0.29) is 0 Å². The van der Waals surface area contributed by atoms with Gasteiger partial charge in [-0.1, -0.05) is 22.9 Å². The highest BCUT2D eigenvalue weighted by Gasteiger charge is 2.15. The maximum absolute atomic E-state index is 6.10. The number of imidazole rings is 1. The molecular formula is C16H15BrClN3. The Morgan fingerprint density at radius 2 is 2.10 bits per heavy atom. The molecule has 3 rings (SSSR count). The summed E-state index contributed by atoms with van der Waals surface area (Å²) < 4.78 is 3.14. The molecule has 3 nitrogen and oxygen atoms in total. The molecule has 3 aromatic rings. The van der Waals surface area contributed by atoms with Crippen LogP contribution >= 0.6 is 27.5 Å². The average Bonchev–Trinajstić information content (AvgIpc) is 2.84. The van der Waals surface area contributed by atoms with E-state index in [0.29, 0.717) is 5.88 Å². The van der Waals surface area contributed by atoms with Gasteiger partial charge in [0.1, 0.15) is 11.3 Å². The number of aryl methyl sites for hydroxylation is 2. The van der Waals surface area contributed by atoms with E-state index < -0.39 is 0 Å². The minimum Gasteiger partial charge on any atom is -0.279 e. The molecule has 2 heterocycles. The summed E-state index contributed by atoms with van der Waals surface area (Å²) in [7, 11) is 0. The first-order chi connectivity index (χ1) is 10.1. The Kier molecular flexibility index (Phi) is 4.00. The number of rotatable bonds is 3. The van der Waals surface area contributed by atoms with E-state index in [0.717, 1.165) is 39.1 Å².